The predicted octanol–water partition coefficient (Wildman–Crippen LogP) is 1.58. The van der Waals surface area contributed by atoms with Gasteiger partial charge in [-0.1, -0.05) is 17.8 Å². The van der Waals surface area contributed by atoms with E-state index in [0.29, 0.717) is 12.1 Å². The van der Waals surface area contributed by atoms with Gasteiger partial charge >= 0.3 is 0 Å². The van der Waals surface area contributed by atoms with Gasteiger partial charge in [0.1, 0.15) is 0 Å². The topological polar surface area (TPSA) is 90.9 Å². The quantitative estimate of drug-likeness (QED) is 0.677. The molecule has 28 heavy (non-hydrogen) atoms. The van der Waals surface area contributed by atoms with Crippen LogP contribution in [0.5, 0.6) is 0 Å². The first-order chi connectivity index (χ1) is 13.5. The summed E-state index contributed by atoms with van der Waals surface area (Å²) in [5.41, 5.74) is 1.40. The van der Waals surface area contributed by atoms with E-state index in [9.17, 15) is 13.2 Å². The van der Waals surface area contributed by atoms with Gasteiger partial charge in [0.2, 0.25) is 0 Å². The molecule has 9 heteroatoms. The number of nitrogens with zero attached hydrogens (tertiary/aromatic N) is 2. The number of thioether (sulfide) groups is 1. The number of anilines is 1. The smallest absolute Gasteiger partial charge is 0.251 e. The van der Waals surface area contributed by atoms with Crippen LogP contribution in [0.2, 0.25) is 0 Å². The van der Waals surface area contributed by atoms with Crippen LogP contribution in [-0.4, -0.2) is 73.4 Å². The van der Waals surface area contributed by atoms with Crippen molar-refractivity contribution in [2.24, 2.45) is 4.99 Å². The van der Waals surface area contributed by atoms with Crippen molar-refractivity contribution in [3.63, 3.8) is 0 Å². The normalized spacial score (nSPS) is 26.1. The Morgan fingerprint density at radius 2 is 2.07 bits per heavy atom. The van der Waals surface area contributed by atoms with Crippen molar-refractivity contribution in [3.05, 3.63) is 29.8 Å². The van der Waals surface area contributed by atoms with E-state index in [1.54, 1.807) is 6.07 Å². The third kappa shape index (κ3) is 4.87. The predicted molar refractivity (Wildman–Crippen MR) is 114 cm³/mol. The maximum absolute atomic E-state index is 12.4. The molecule has 2 N–H and O–H groups in total. The van der Waals surface area contributed by atoms with Crippen molar-refractivity contribution in [2.75, 3.05) is 43.0 Å². The van der Waals surface area contributed by atoms with Crippen molar-refractivity contribution < 1.29 is 13.2 Å². The molecule has 1 aromatic carbocycles. The summed E-state index contributed by atoms with van der Waals surface area (Å²) in [6, 6.07) is 7.18. The molecule has 7 nitrogen and oxygen atoms in total. The number of fused-ring (bicyclic) bond motifs is 1. The first-order valence-electron chi connectivity index (χ1n) is 9.81. The highest BCUT2D eigenvalue weighted by molar-refractivity contribution is 8.15. The molecule has 152 valence electrons. The second kappa shape index (κ2) is 8.42. The van der Waals surface area contributed by atoms with Gasteiger partial charge in [0, 0.05) is 23.0 Å². The lowest BCUT2D eigenvalue weighted by atomic mass is 10.2. The Morgan fingerprint density at radius 1 is 1.25 bits per heavy atom. The van der Waals surface area contributed by atoms with E-state index in [1.165, 1.54) is 37.7 Å². The minimum absolute atomic E-state index is 0.00888. The lowest BCUT2D eigenvalue weighted by Crippen LogP contribution is -2.28. The highest BCUT2D eigenvalue weighted by atomic mass is 32.2. The third-order valence-electron chi connectivity index (χ3n) is 5.33. The van der Waals surface area contributed by atoms with E-state index in [2.05, 4.69) is 20.5 Å². The standard InChI is InChI=1S/C19H26N4O3S2/c24-18(20-7-4-10-23-8-1-2-9-23)14-5-3-6-15(11-14)21-19-22-16-12-28(25,26)13-17(16)27-19/h3,5-6,11,16-17H,1-2,4,7-10,12-13H2,(H,20,24)(H,21,22). The second-order valence-corrected chi connectivity index (χ2v) is 11.0. The number of sulfone groups is 1. The van der Waals surface area contributed by atoms with Gasteiger partial charge in [-0.2, -0.15) is 0 Å². The number of hydrogen-bond donors (Lipinski definition) is 2. The number of aliphatic imine (C=N–C) groups is 1. The fraction of sp³-hybridized carbons (Fsp3) is 0.579. The Labute approximate surface area is 170 Å². The summed E-state index contributed by atoms with van der Waals surface area (Å²) >= 11 is 1.48. The largest absolute Gasteiger partial charge is 0.352 e. The van der Waals surface area contributed by atoms with Crippen molar-refractivity contribution >= 4 is 38.4 Å². The SMILES string of the molecule is O=C(NCCCN1CCCC1)c1cccc(NC2=NC3CS(=O)(=O)CC3S2)c1. The Morgan fingerprint density at radius 3 is 2.86 bits per heavy atom. The fourth-order valence-corrected chi connectivity index (χ4v) is 7.57. The van der Waals surface area contributed by atoms with Gasteiger partial charge in [0.05, 0.1) is 17.5 Å². The molecule has 3 aliphatic heterocycles. The van der Waals surface area contributed by atoms with Crippen LogP contribution in [0.1, 0.15) is 29.6 Å². The van der Waals surface area contributed by atoms with Crippen molar-refractivity contribution in [3.8, 4) is 0 Å². The number of carbonyl (C=O) groups excluding carboxylic acids is 1. The first-order valence-corrected chi connectivity index (χ1v) is 12.5. The van der Waals surface area contributed by atoms with Gasteiger partial charge in [-0.05, 0) is 57.1 Å². The number of rotatable bonds is 6. The van der Waals surface area contributed by atoms with Crippen molar-refractivity contribution in [1.82, 2.24) is 10.2 Å². The van der Waals surface area contributed by atoms with Gasteiger partial charge in [0.25, 0.3) is 5.91 Å². The average Bonchev–Trinajstić information content (AvgIpc) is 3.34. The zero-order valence-electron chi connectivity index (χ0n) is 15.8. The molecule has 2 atom stereocenters. The molecule has 0 aliphatic carbocycles. The molecule has 3 aliphatic rings. The molecule has 0 saturated carbocycles. The number of carbonyl (C=O) groups is 1. The summed E-state index contributed by atoms with van der Waals surface area (Å²) in [7, 11) is -2.95. The van der Waals surface area contributed by atoms with Crippen LogP contribution in [0, 0.1) is 0 Å². The maximum atomic E-state index is 12.4. The van der Waals surface area contributed by atoms with E-state index in [0.717, 1.165) is 23.8 Å². The van der Waals surface area contributed by atoms with Gasteiger partial charge < -0.3 is 15.5 Å². The first kappa shape index (κ1) is 19.7. The van der Waals surface area contributed by atoms with Crippen molar-refractivity contribution in [2.45, 2.75) is 30.6 Å². The molecule has 1 aromatic rings. The molecule has 0 radical (unpaired) electrons. The summed E-state index contributed by atoms with van der Waals surface area (Å²) in [4.78, 5) is 19.3. The minimum atomic E-state index is -2.95. The number of amidine groups is 1. The summed E-state index contributed by atoms with van der Waals surface area (Å²) in [5.74, 6) is 0.251. The summed E-state index contributed by atoms with van der Waals surface area (Å²) in [6.45, 7) is 4.07. The Hall–Kier alpha value is -1.58. The Kier molecular flexibility index (Phi) is 5.93. The van der Waals surface area contributed by atoms with Gasteiger partial charge in [-0.3, -0.25) is 9.79 Å². The lowest BCUT2D eigenvalue weighted by molar-refractivity contribution is 0.0952. The molecule has 1 amide bonds. The van der Waals surface area contributed by atoms with E-state index >= 15 is 0 Å². The van der Waals surface area contributed by atoms with Crippen LogP contribution < -0.4 is 10.6 Å². The molecular formula is C19H26N4O3S2. The van der Waals surface area contributed by atoms with E-state index in [4.69, 9.17) is 0 Å². The molecule has 0 spiro atoms. The molecule has 4 rings (SSSR count). The monoisotopic (exact) mass is 422 g/mol. The zero-order valence-corrected chi connectivity index (χ0v) is 17.4. The zero-order chi connectivity index (χ0) is 19.6. The number of benzene rings is 1. The highest BCUT2D eigenvalue weighted by Gasteiger charge is 2.42. The van der Waals surface area contributed by atoms with Gasteiger partial charge in [-0.25, -0.2) is 8.42 Å². The van der Waals surface area contributed by atoms with E-state index in [1.807, 2.05) is 18.2 Å². The number of hydrogen-bond acceptors (Lipinski definition) is 7. The van der Waals surface area contributed by atoms with Crippen LogP contribution in [0.15, 0.2) is 29.3 Å². The highest BCUT2D eigenvalue weighted by Crippen LogP contribution is 2.34. The second-order valence-electron chi connectivity index (χ2n) is 7.60. The van der Waals surface area contributed by atoms with Crippen LogP contribution >= 0.6 is 11.8 Å². The summed E-state index contributed by atoms with van der Waals surface area (Å²) in [6.07, 6.45) is 3.53. The van der Waals surface area contributed by atoms with Crippen LogP contribution in [0.4, 0.5) is 5.69 Å². The lowest BCUT2D eigenvalue weighted by Gasteiger charge is -2.14. The van der Waals surface area contributed by atoms with Crippen LogP contribution in [0.25, 0.3) is 0 Å². The molecule has 0 aromatic heterocycles. The molecule has 3 heterocycles. The third-order valence-corrected chi connectivity index (χ3v) is 8.47. The molecule has 2 unspecified atom stereocenters. The Bertz CT molecular complexity index is 866. The van der Waals surface area contributed by atoms with Crippen molar-refractivity contribution in [1.29, 1.82) is 0 Å². The van der Waals surface area contributed by atoms with E-state index < -0.39 is 9.84 Å². The number of likely N-dealkylation sites (tertiary alicyclic amines) is 1. The molecule has 0 bridgehead atoms. The van der Waals surface area contributed by atoms with Gasteiger partial charge in [-0.15, -0.1) is 0 Å². The molecule has 2 fully saturated rings. The van der Waals surface area contributed by atoms with E-state index in [-0.39, 0.29) is 28.7 Å². The number of amides is 1. The maximum Gasteiger partial charge on any atom is 0.251 e. The van der Waals surface area contributed by atoms with Gasteiger partial charge in [0.15, 0.2) is 15.0 Å². The fourth-order valence-electron chi connectivity index (χ4n) is 3.89. The summed E-state index contributed by atoms with van der Waals surface area (Å²) < 4.78 is 23.3. The number of nitrogens with one attached hydrogen (secondary N) is 2. The molecular weight excluding hydrogens is 396 g/mol. The Balaban J connectivity index is 1.27. The van der Waals surface area contributed by atoms with Crippen LogP contribution in [0.3, 0.4) is 0 Å². The minimum Gasteiger partial charge on any atom is -0.352 e. The average molecular weight is 423 g/mol. The molecule has 2 saturated heterocycles. The summed E-state index contributed by atoms with van der Waals surface area (Å²) in [5, 5.41) is 6.96. The van der Waals surface area contributed by atoms with Crippen LogP contribution in [-0.2, 0) is 9.84 Å².